The summed E-state index contributed by atoms with van der Waals surface area (Å²) in [5.41, 5.74) is 4.44. The maximum atomic E-state index is 13.4. The minimum atomic E-state index is -1.08. The van der Waals surface area contributed by atoms with Crippen LogP contribution in [0.25, 0.3) is 11.3 Å². The van der Waals surface area contributed by atoms with Crippen molar-refractivity contribution in [3.63, 3.8) is 0 Å². The first-order valence-electron chi connectivity index (χ1n) is 11.7. The molecule has 35 heavy (non-hydrogen) atoms. The van der Waals surface area contributed by atoms with Crippen LogP contribution in [0.4, 0.5) is 0 Å². The number of aryl methyl sites for hydroxylation is 3. The summed E-state index contributed by atoms with van der Waals surface area (Å²) in [6.45, 7) is 9.70. The van der Waals surface area contributed by atoms with Crippen LogP contribution in [0.3, 0.4) is 0 Å². The minimum Gasteiger partial charge on any atom is -0.481 e. The van der Waals surface area contributed by atoms with Gasteiger partial charge in [-0.1, -0.05) is 32.0 Å². The van der Waals surface area contributed by atoms with E-state index in [0.29, 0.717) is 17.8 Å². The van der Waals surface area contributed by atoms with Crippen LogP contribution in [0.15, 0.2) is 53.7 Å². The van der Waals surface area contributed by atoms with E-state index in [2.05, 4.69) is 15.3 Å². The van der Waals surface area contributed by atoms with E-state index in [0.717, 1.165) is 22.3 Å². The summed E-state index contributed by atoms with van der Waals surface area (Å²) in [7, 11) is 0. The van der Waals surface area contributed by atoms with Crippen LogP contribution >= 0.6 is 0 Å². The molecule has 0 aliphatic carbocycles. The van der Waals surface area contributed by atoms with Crippen molar-refractivity contribution in [1.29, 1.82) is 0 Å². The fraction of sp³-hybridized carbons (Fsp3) is 0.370. The number of carboxylic acid groups (broad SMARTS) is 1. The molecule has 0 bridgehead atoms. The molecule has 2 aromatic heterocycles. The summed E-state index contributed by atoms with van der Waals surface area (Å²) < 4.78 is 1.40. The average molecular weight is 477 g/mol. The van der Waals surface area contributed by atoms with Gasteiger partial charge in [-0.3, -0.25) is 19.4 Å². The third-order valence-corrected chi connectivity index (χ3v) is 5.88. The number of hydrogen-bond acceptors (Lipinski definition) is 5. The molecule has 0 unspecified atom stereocenters. The van der Waals surface area contributed by atoms with Gasteiger partial charge in [-0.15, -0.1) is 0 Å². The smallest absolute Gasteiger partial charge is 0.305 e. The van der Waals surface area contributed by atoms with Crippen molar-refractivity contribution in [2.24, 2.45) is 5.92 Å². The van der Waals surface area contributed by atoms with E-state index >= 15 is 0 Å². The van der Waals surface area contributed by atoms with Crippen molar-refractivity contribution in [3.05, 3.63) is 81.7 Å². The number of carbonyl (C=O) groups is 2. The van der Waals surface area contributed by atoms with Gasteiger partial charge < -0.3 is 15.0 Å². The van der Waals surface area contributed by atoms with Gasteiger partial charge in [0.15, 0.2) is 0 Å². The predicted molar refractivity (Wildman–Crippen MR) is 134 cm³/mol. The molecule has 184 valence electrons. The van der Waals surface area contributed by atoms with Crippen molar-refractivity contribution >= 4 is 11.9 Å². The molecule has 0 fully saturated rings. The predicted octanol–water partition coefficient (Wildman–Crippen LogP) is 4.15. The molecule has 0 spiro atoms. The Kier molecular flexibility index (Phi) is 8.17. The quantitative estimate of drug-likeness (QED) is 0.480. The van der Waals surface area contributed by atoms with Crippen LogP contribution in [0.1, 0.15) is 61.2 Å². The van der Waals surface area contributed by atoms with Gasteiger partial charge in [-0.25, -0.2) is 4.98 Å². The molecule has 0 saturated heterocycles. The summed E-state index contributed by atoms with van der Waals surface area (Å²) >= 11 is 0. The van der Waals surface area contributed by atoms with Crippen LogP contribution in [-0.2, 0) is 9.59 Å². The van der Waals surface area contributed by atoms with Gasteiger partial charge in [0.1, 0.15) is 6.04 Å². The second kappa shape index (κ2) is 11.1. The van der Waals surface area contributed by atoms with Crippen LogP contribution in [0.5, 0.6) is 0 Å². The first-order chi connectivity index (χ1) is 16.6. The number of nitrogens with zero attached hydrogens (tertiary/aromatic N) is 3. The third kappa shape index (κ3) is 6.41. The number of carboxylic acids is 1. The van der Waals surface area contributed by atoms with E-state index in [1.54, 1.807) is 18.5 Å². The highest BCUT2D eigenvalue weighted by molar-refractivity contribution is 5.81. The normalized spacial score (nSPS) is 12.9. The number of aromatic nitrogens is 3. The van der Waals surface area contributed by atoms with Crippen molar-refractivity contribution in [2.45, 2.75) is 59.5 Å². The molecule has 0 aliphatic rings. The van der Waals surface area contributed by atoms with Gasteiger partial charge >= 0.3 is 5.97 Å². The standard InChI is InChI=1S/C27H32N4O4/c1-16(2)11-23(31-10-9-17(3)12-24(31)32)27(35)30-20(13-25(33)34)21-14-28-15-22(29-21)26-18(4)7-6-8-19(26)5/h6-10,12,14-16,20,23H,11,13H2,1-5H3,(H,30,35)(H,33,34)/t20-,23-/m0/s1. The molecule has 8 nitrogen and oxygen atoms in total. The maximum absolute atomic E-state index is 13.4. The van der Waals surface area contributed by atoms with Crippen molar-refractivity contribution in [2.75, 3.05) is 0 Å². The molecule has 2 N–H and O–H groups in total. The number of benzene rings is 1. The largest absolute Gasteiger partial charge is 0.481 e. The van der Waals surface area contributed by atoms with Gasteiger partial charge in [-0.2, -0.15) is 0 Å². The summed E-state index contributed by atoms with van der Waals surface area (Å²) in [5.74, 6) is -1.39. The minimum absolute atomic E-state index is 0.129. The number of nitrogens with one attached hydrogen (secondary N) is 1. The summed E-state index contributed by atoms with van der Waals surface area (Å²) in [5, 5.41) is 12.4. The molecular formula is C27H32N4O4. The number of hydrogen-bond donors (Lipinski definition) is 2. The SMILES string of the molecule is Cc1ccn([C@@H](CC(C)C)C(=O)N[C@@H](CC(=O)O)c2cncc(-c3c(C)cccc3C)n2)c(=O)c1. The number of aliphatic carboxylic acids is 1. The van der Waals surface area contributed by atoms with E-state index in [1.165, 1.54) is 16.8 Å². The average Bonchev–Trinajstić information content (AvgIpc) is 2.77. The summed E-state index contributed by atoms with van der Waals surface area (Å²) in [4.78, 5) is 46.7. The van der Waals surface area contributed by atoms with Crippen molar-refractivity contribution in [3.8, 4) is 11.3 Å². The number of carbonyl (C=O) groups excluding carboxylic acids is 1. The van der Waals surface area contributed by atoms with E-state index < -0.39 is 24.0 Å². The second-order valence-electron chi connectivity index (χ2n) is 9.35. The van der Waals surface area contributed by atoms with E-state index in [9.17, 15) is 19.5 Å². The number of amides is 1. The summed E-state index contributed by atoms with van der Waals surface area (Å²) in [6.07, 6.45) is 4.76. The van der Waals surface area contributed by atoms with Gasteiger partial charge in [0.05, 0.1) is 36.2 Å². The Morgan fingerprint density at radius 3 is 2.37 bits per heavy atom. The third-order valence-electron chi connectivity index (χ3n) is 5.88. The molecule has 2 atom stereocenters. The highest BCUT2D eigenvalue weighted by atomic mass is 16.4. The second-order valence-corrected chi connectivity index (χ2v) is 9.35. The molecule has 8 heteroatoms. The zero-order valence-corrected chi connectivity index (χ0v) is 20.8. The molecule has 1 amide bonds. The Morgan fingerprint density at radius 2 is 1.77 bits per heavy atom. The lowest BCUT2D eigenvalue weighted by molar-refractivity contribution is -0.138. The van der Waals surface area contributed by atoms with Crippen LogP contribution in [-0.4, -0.2) is 31.5 Å². The topological polar surface area (TPSA) is 114 Å². The lowest BCUT2D eigenvalue weighted by Gasteiger charge is -2.24. The fourth-order valence-corrected chi connectivity index (χ4v) is 4.20. The van der Waals surface area contributed by atoms with Gasteiger partial charge in [0.25, 0.3) is 5.56 Å². The molecule has 0 aliphatic heterocycles. The molecule has 0 saturated carbocycles. The molecule has 2 heterocycles. The van der Waals surface area contributed by atoms with Crippen LogP contribution in [0, 0.1) is 26.7 Å². The van der Waals surface area contributed by atoms with E-state index in [1.807, 2.05) is 52.8 Å². The zero-order valence-electron chi connectivity index (χ0n) is 20.8. The lowest BCUT2D eigenvalue weighted by atomic mass is 9.99. The summed E-state index contributed by atoms with van der Waals surface area (Å²) in [6, 6.07) is 7.47. The fourth-order valence-electron chi connectivity index (χ4n) is 4.20. The molecule has 0 radical (unpaired) electrons. The first-order valence-corrected chi connectivity index (χ1v) is 11.7. The lowest BCUT2D eigenvalue weighted by Crippen LogP contribution is -2.40. The Hall–Kier alpha value is -3.81. The Bertz CT molecular complexity index is 1260. The van der Waals surface area contributed by atoms with Crippen LogP contribution in [0.2, 0.25) is 0 Å². The molecule has 3 aromatic rings. The molecule has 3 rings (SSSR count). The highest BCUT2D eigenvalue weighted by Gasteiger charge is 2.28. The Morgan fingerprint density at radius 1 is 1.09 bits per heavy atom. The van der Waals surface area contributed by atoms with Crippen LogP contribution < -0.4 is 10.9 Å². The number of rotatable bonds is 9. The Balaban J connectivity index is 1.98. The number of pyridine rings is 1. The molecular weight excluding hydrogens is 444 g/mol. The molecule has 1 aromatic carbocycles. The van der Waals surface area contributed by atoms with Crippen molar-refractivity contribution < 1.29 is 14.7 Å². The van der Waals surface area contributed by atoms with Gasteiger partial charge in [0, 0.05) is 17.8 Å². The van der Waals surface area contributed by atoms with Crippen molar-refractivity contribution in [1.82, 2.24) is 19.9 Å². The van der Waals surface area contributed by atoms with E-state index in [4.69, 9.17) is 0 Å². The maximum Gasteiger partial charge on any atom is 0.305 e. The van der Waals surface area contributed by atoms with Gasteiger partial charge in [-0.05, 0) is 55.9 Å². The van der Waals surface area contributed by atoms with E-state index in [-0.39, 0.29) is 17.9 Å². The van der Waals surface area contributed by atoms with Gasteiger partial charge in [0.2, 0.25) is 5.91 Å². The zero-order chi connectivity index (χ0) is 25.7. The Labute approximate surface area is 205 Å². The monoisotopic (exact) mass is 476 g/mol. The first kappa shape index (κ1) is 25.8. The highest BCUT2D eigenvalue weighted by Crippen LogP contribution is 2.27.